The van der Waals surface area contributed by atoms with Crippen LogP contribution in [0.25, 0.3) is 21.1 Å². The molecular formula is C18H15N5OS2. The fraction of sp³-hybridized carbons (Fsp3) is 0.111. The van der Waals surface area contributed by atoms with Crippen molar-refractivity contribution in [1.29, 1.82) is 0 Å². The molecule has 8 heteroatoms. The van der Waals surface area contributed by atoms with Gasteiger partial charge in [-0.3, -0.25) is 9.36 Å². The molecule has 0 radical (unpaired) electrons. The summed E-state index contributed by atoms with van der Waals surface area (Å²) in [5, 5.41) is 3.97. The zero-order chi connectivity index (χ0) is 18.1. The molecule has 4 aromatic rings. The summed E-state index contributed by atoms with van der Waals surface area (Å²) < 4.78 is 1.62. The summed E-state index contributed by atoms with van der Waals surface area (Å²) in [6, 6.07) is 9.43. The summed E-state index contributed by atoms with van der Waals surface area (Å²) in [5.74, 6) is 1.53. The van der Waals surface area contributed by atoms with Gasteiger partial charge in [0, 0.05) is 11.9 Å². The van der Waals surface area contributed by atoms with Crippen LogP contribution in [-0.4, -0.2) is 19.5 Å². The molecule has 4 rings (SSSR count). The van der Waals surface area contributed by atoms with Gasteiger partial charge in [0.05, 0.1) is 16.7 Å². The second-order valence-corrected chi connectivity index (χ2v) is 7.41. The molecule has 0 atom stereocenters. The SMILES string of the molecule is C=CCn1c(SCc2nc(N)c3ccccc3n2)nc2sccc2c1=O. The minimum absolute atomic E-state index is 0.0578. The average Bonchev–Trinajstić information content (AvgIpc) is 3.11. The number of benzene rings is 1. The van der Waals surface area contributed by atoms with Crippen molar-refractivity contribution in [3.8, 4) is 0 Å². The van der Waals surface area contributed by atoms with Crippen molar-refractivity contribution in [1.82, 2.24) is 19.5 Å². The van der Waals surface area contributed by atoms with Crippen molar-refractivity contribution in [3.63, 3.8) is 0 Å². The number of aromatic nitrogens is 4. The molecule has 3 heterocycles. The summed E-state index contributed by atoms with van der Waals surface area (Å²) in [4.78, 5) is 27.0. The molecule has 2 N–H and O–H groups in total. The van der Waals surface area contributed by atoms with E-state index in [4.69, 9.17) is 5.73 Å². The predicted molar refractivity (Wildman–Crippen MR) is 108 cm³/mol. The summed E-state index contributed by atoms with van der Waals surface area (Å²) in [7, 11) is 0. The zero-order valence-corrected chi connectivity index (χ0v) is 15.4. The Balaban J connectivity index is 1.70. The van der Waals surface area contributed by atoms with Gasteiger partial charge in [0.15, 0.2) is 5.16 Å². The predicted octanol–water partition coefficient (Wildman–Crippen LogP) is 3.46. The summed E-state index contributed by atoms with van der Waals surface area (Å²) in [6.07, 6.45) is 1.69. The molecule has 0 aliphatic heterocycles. The van der Waals surface area contributed by atoms with Gasteiger partial charge in [-0.15, -0.1) is 17.9 Å². The lowest BCUT2D eigenvalue weighted by Gasteiger charge is -2.10. The standard InChI is InChI=1S/C18H15N5OS2/c1-2-8-23-17(24)12-7-9-25-16(12)22-18(23)26-10-14-20-13-6-4-3-5-11(13)15(19)21-14/h2-7,9H,1,8,10H2,(H2,19,20,21). The first-order valence-corrected chi connectivity index (χ1v) is 9.77. The van der Waals surface area contributed by atoms with E-state index in [-0.39, 0.29) is 5.56 Å². The number of anilines is 1. The van der Waals surface area contributed by atoms with Crippen molar-refractivity contribution >= 4 is 50.0 Å². The first kappa shape index (κ1) is 16.7. The fourth-order valence-electron chi connectivity index (χ4n) is 2.68. The maximum atomic E-state index is 12.7. The third kappa shape index (κ3) is 2.97. The second kappa shape index (κ2) is 6.89. The van der Waals surface area contributed by atoms with E-state index in [1.54, 1.807) is 16.7 Å². The molecule has 0 saturated heterocycles. The van der Waals surface area contributed by atoms with E-state index < -0.39 is 0 Å². The Morgan fingerprint density at radius 1 is 1.19 bits per heavy atom. The highest BCUT2D eigenvalue weighted by Gasteiger charge is 2.13. The Bertz CT molecular complexity index is 1180. The quantitative estimate of drug-likeness (QED) is 0.324. The molecule has 0 fully saturated rings. The van der Waals surface area contributed by atoms with Crippen molar-refractivity contribution in [3.05, 3.63) is 64.5 Å². The van der Waals surface area contributed by atoms with Gasteiger partial charge in [0.25, 0.3) is 5.56 Å². The fourth-order valence-corrected chi connectivity index (χ4v) is 4.34. The molecular weight excluding hydrogens is 366 g/mol. The van der Waals surface area contributed by atoms with Crippen molar-refractivity contribution in [2.45, 2.75) is 17.5 Å². The normalized spacial score (nSPS) is 11.2. The molecule has 0 bridgehead atoms. The highest BCUT2D eigenvalue weighted by molar-refractivity contribution is 7.98. The van der Waals surface area contributed by atoms with E-state index in [1.807, 2.05) is 29.6 Å². The Hall–Kier alpha value is -2.71. The molecule has 6 nitrogen and oxygen atoms in total. The van der Waals surface area contributed by atoms with E-state index in [0.717, 1.165) is 15.7 Å². The highest BCUT2D eigenvalue weighted by Crippen LogP contribution is 2.25. The van der Waals surface area contributed by atoms with E-state index >= 15 is 0 Å². The molecule has 0 amide bonds. The van der Waals surface area contributed by atoms with E-state index in [1.165, 1.54) is 23.1 Å². The van der Waals surface area contributed by atoms with Gasteiger partial charge in [-0.25, -0.2) is 15.0 Å². The van der Waals surface area contributed by atoms with Crippen molar-refractivity contribution in [2.24, 2.45) is 0 Å². The van der Waals surface area contributed by atoms with Crippen LogP contribution in [0.2, 0.25) is 0 Å². The largest absolute Gasteiger partial charge is 0.383 e. The monoisotopic (exact) mass is 381 g/mol. The number of hydrogen-bond acceptors (Lipinski definition) is 7. The number of allylic oxidation sites excluding steroid dienone is 1. The molecule has 0 aliphatic rings. The molecule has 130 valence electrons. The van der Waals surface area contributed by atoms with E-state index in [2.05, 4.69) is 21.5 Å². The van der Waals surface area contributed by atoms with Gasteiger partial charge >= 0.3 is 0 Å². The smallest absolute Gasteiger partial charge is 0.263 e. The summed E-state index contributed by atoms with van der Waals surface area (Å²) in [5.41, 5.74) is 6.79. The van der Waals surface area contributed by atoms with Crippen molar-refractivity contribution < 1.29 is 0 Å². The first-order valence-electron chi connectivity index (χ1n) is 7.90. The number of fused-ring (bicyclic) bond motifs is 2. The van der Waals surface area contributed by atoms with Crippen LogP contribution < -0.4 is 11.3 Å². The van der Waals surface area contributed by atoms with Crippen LogP contribution in [0.15, 0.2) is 58.3 Å². The lowest BCUT2D eigenvalue weighted by atomic mass is 10.2. The second-order valence-electron chi connectivity index (χ2n) is 5.57. The lowest BCUT2D eigenvalue weighted by Crippen LogP contribution is -2.22. The van der Waals surface area contributed by atoms with Gasteiger partial charge in [0.1, 0.15) is 16.5 Å². The molecule has 1 aromatic carbocycles. The Morgan fingerprint density at radius 2 is 2.04 bits per heavy atom. The van der Waals surface area contributed by atoms with Crippen LogP contribution in [0, 0.1) is 0 Å². The topological polar surface area (TPSA) is 86.7 Å². The minimum Gasteiger partial charge on any atom is -0.383 e. The van der Waals surface area contributed by atoms with Gasteiger partial charge in [-0.05, 0) is 23.6 Å². The van der Waals surface area contributed by atoms with Crippen LogP contribution in [-0.2, 0) is 12.3 Å². The molecule has 3 aromatic heterocycles. The minimum atomic E-state index is -0.0578. The molecule has 0 saturated carbocycles. The number of nitrogens with two attached hydrogens (primary N) is 1. The molecule has 26 heavy (non-hydrogen) atoms. The van der Waals surface area contributed by atoms with Gasteiger partial charge < -0.3 is 5.73 Å². The number of thiophene rings is 1. The van der Waals surface area contributed by atoms with Crippen LogP contribution in [0.3, 0.4) is 0 Å². The van der Waals surface area contributed by atoms with Crippen LogP contribution in [0.5, 0.6) is 0 Å². The highest BCUT2D eigenvalue weighted by atomic mass is 32.2. The van der Waals surface area contributed by atoms with Crippen LogP contribution >= 0.6 is 23.1 Å². The molecule has 0 unspecified atom stereocenters. The van der Waals surface area contributed by atoms with Gasteiger partial charge in [-0.2, -0.15) is 0 Å². The van der Waals surface area contributed by atoms with Crippen LogP contribution in [0.1, 0.15) is 5.82 Å². The molecule has 0 spiro atoms. The third-order valence-electron chi connectivity index (χ3n) is 3.87. The van der Waals surface area contributed by atoms with Gasteiger partial charge in [-0.1, -0.05) is 30.0 Å². The maximum Gasteiger partial charge on any atom is 0.263 e. The maximum absolute atomic E-state index is 12.7. The third-order valence-corrected chi connectivity index (χ3v) is 5.65. The number of nitrogen functional groups attached to an aromatic ring is 1. The summed E-state index contributed by atoms with van der Waals surface area (Å²) in [6.45, 7) is 4.14. The number of thioether (sulfide) groups is 1. The first-order chi connectivity index (χ1) is 12.7. The van der Waals surface area contributed by atoms with Crippen molar-refractivity contribution in [2.75, 3.05) is 5.73 Å². The molecule has 0 aliphatic carbocycles. The summed E-state index contributed by atoms with van der Waals surface area (Å²) >= 11 is 2.87. The number of nitrogens with zero attached hydrogens (tertiary/aromatic N) is 4. The number of para-hydroxylation sites is 1. The van der Waals surface area contributed by atoms with E-state index in [0.29, 0.717) is 34.5 Å². The Morgan fingerprint density at radius 3 is 2.88 bits per heavy atom. The zero-order valence-electron chi connectivity index (χ0n) is 13.8. The van der Waals surface area contributed by atoms with E-state index in [9.17, 15) is 4.79 Å². The Labute approximate surface area is 157 Å². The lowest BCUT2D eigenvalue weighted by molar-refractivity contribution is 0.672. The number of rotatable bonds is 5. The van der Waals surface area contributed by atoms with Gasteiger partial charge in [0.2, 0.25) is 0 Å². The number of hydrogen-bond donors (Lipinski definition) is 1. The van der Waals surface area contributed by atoms with Crippen LogP contribution in [0.4, 0.5) is 5.82 Å². The average molecular weight is 381 g/mol. The Kier molecular flexibility index (Phi) is 4.44.